The van der Waals surface area contributed by atoms with E-state index in [2.05, 4.69) is 16.8 Å². The minimum absolute atomic E-state index is 0.00524. The van der Waals surface area contributed by atoms with Crippen molar-refractivity contribution < 1.29 is 9.59 Å². The standard InChI is InChI=1S/C20H35N3O2/c1-3-19(24)17-4-5-18(17)20(25)23-10-7-16(8-11-23)6-9-22-14-12-21(2)13-15-22/h16-18H,3-15H2,1-2H3. The summed E-state index contributed by atoms with van der Waals surface area (Å²) in [6.07, 6.45) is 5.95. The number of piperazine rings is 1. The van der Waals surface area contributed by atoms with E-state index in [9.17, 15) is 9.59 Å². The highest BCUT2D eigenvalue weighted by Crippen LogP contribution is 2.38. The molecule has 3 aliphatic rings. The normalized spacial score (nSPS) is 29.4. The fraction of sp³-hybridized carbons (Fsp3) is 0.900. The maximum atomic E-state index is 12.7. The van der Waals surface area contributed by atoms with E-state index in [1.807, 2.05) is 11.8 Å². The molecule has 2 aliphatic heterocycles. The number of amides is 1. The second-order valence-corrected chi connectivity index (χ2v) is 8.31. The number of rotatable bonds is 6. The molecular weight excluding hydrogens is 314 g/mol. The molecule has 1 amide bonds. The van der Waals surface area contributed by atoms with E-state index in [0.717, 1.165) is 44.7 Å². The largest absolute Gasteiger partial charge is 0.342 e. The number of likely N-dealkylation sites (tertiary alicyclic amines) is 1. The van der Waals surface area contributed by atoms with Gasteiger partial charge in [-0.25, -0.2) is 0 Å². The molecule has 5 heteroatoms. The summed E-state index contributed by atoms with van der Waals surface area (Å²) in [5, 5.41) is 0. The Morgan fingerprint density at radius 1 is 0.880 bits per heavy atom. The summed E-state index contributed by atoms with van der Waals surface area (Å²) in [7, 11) is 2.20. The Bertz CT molecular complexity index is 466. The lowest BCUT2D eigenvalue weighted by Crippen LogP contribution is -2.49. The Balaban J connectivity index is 1.37. The molecule has 3 rings (SSSR count). The van der Waals surface area contributed by atoms with Crippen molar-refractivity contribution in [2.75, 3.05) is 52.9 Å². The predicted molar refractivity (Wildman–Crippen MR) is 99.4 cm³/mol. The zero-order valence-corrected chi connectivity index (χ0v) is 16.1. The number of piperidine rings is 1. The van der Waals surface area contributed by atoms with Gasteiger partial charge in [0, 0.05) is 57.5 Å². The molecule has 1 aliphatic carbocycles. The van der Waals surface area contributed by atoms with E-state index in [0.29, 0.717) is 6.42 Å². The SMILES string of the molecule is CCC(=O)C1CCC1C(=O)N1CCC(CCN2CCN(C)CC2)CC1. The first-order valence-corrected chi connectivity index (χ1v) is 10.3. The van der Waals surface area contributed by atoms with Crippen molar-refractivity contribution in [3.8, 4) is 0 Å². The van der Waals surface area contributed by atoms with Crippen LogP contribution in [0.1, 0.15) is 45.4 Å². The fourth-order valence-corrected chi connectivity index (χ4v) is 4.56. The Morgan fingerprint density at radius 3 is 2.08 bits per heavy atom. The Hall–Kier alpha value is -0.940. The number of Topliss-reactive ketones (excluding diaryl/α,β-unsaturated/α-hetero) is 1. The number of hydrogen-bond acceptors (Lipinski definition) is 4. The summed E-state index contributed by atoms with van der Waals surface area (Å²) in [6, 6.07) is 0. The molecule has 2 saturated heterocycles. The van der Waals surface area contributed by atoms with Crippen LogP contribution in [0.2, 0.25) is 0 Å². The van der Waals surface area contributed by atoms with Crippen molar-refractivity contribution in [3.05, 3.63) is 0 Å². The Morgan fingerprint density at radius 2 is 1.52 bits per heavy atom. The Labute approximate surface area is 152 Å². The predicted octanol–water partition coefficient (Wildman–Crippen LogP) is 1.87. The molecule has 2 unspecified atom stereocenters. The third-order valence-corrected chi connectivity index (χ3v) is 6.73. The highest BCUT2D eigenvalue weighted by Gasteiger charge is 2.42. The minimum Gasteiger partial charge on any atom is -0.342 e. The average molecular weight is 350 g/mol. The number of carbonyl (C=O) groups is 2. The van der Waals surface area contributed by atoms with Crippen LogP contribution in [0.15, 0.2) is 0 Å². The molecular formula is C20H35N3O2. The van der Waals surface area contributed by atoms with Crippen LogP contribution in [-0.4, -0.2) is 79.3 Å². The molecule has 0 aromatic carbocycles. The Kier molecular flexibility index (Phi) is 6.50. The molecule has 25 heavy (non-hydrogen) atoms. The van der Waals surface area contributed by atoms with E-state index >= 15 is 0 Å². The minimum atomic E-state index is -0.00524. The van der Waals surface area contributed by atoms with Crippen LogP contribution >= 0.6 is 0 Å². The van der Waals surface area contributed by atoms with E-state index in [4.69, 9.17) is 0 Å². The fourth-order valence-electron chi connectivity index (χ4n) is 4.56. The van der Waals surface area contributed by atoms with Crippen LogP contribution in [0.3, 0.4) is 0 Å². The smallest absolute Gasteiger partial charge is 0.226 e. The van der Waals surface area contributed by atoms with Crippen molar-refractivity contribution in [3.63, 3.8) is 0 Å². The molecule has 0 bridgehead atoms. The lowest BCUT2D eigenvalue weighted by molar-refractivity contribution is -0.147. The van der Waals surface area contributed by atoms with Gasteiger partial charge in [0.2, 0.25) is 5.91 Å². The quantitative estimate of drug-likeness (QED) is 0.734. The van der Waals surface area contributed by atoms with Crippen LogP contribution in [0.25, 0.3) is 0 Å². The second-order valence-electron chi connectivity index (χ2n) is 8.31. The molecule has 0 spiro atoms. The molecule has 0 aromatic heterocycles. The molecule has 0 radical (unpaired) electrons. The van der Waals surface area contributed by atoms with Gasteiger partial charge in [0.15, 0.2) is 0 Å². The second kappa shape index (κ2) is 8.63. The van der Waals surface area contributed by atoms with Crippen molar-refractivity contribution in [1.82, 2.24) is 14.7 Å². The number of carbonyl (C=O) groups excluding carboxylic acids is 2. The molecule has 3 fully saturated rings. The molecule has 2 atom stereocenters. The van der Waals surface area contributed by atoms with Crippen molar-refractivity contribution >= 4 is 11.7 Å². The average Bonchev–Trinajstić information content (AvgIpc) is 2.60. The molecule has 1 saturated carbocycles. The van der Waals surface area contributed by atoms with Gasteiger partial charge in [0.25, 0.3) is 0 Å². The zero-order chi connectivity index (χ0) is 17.8. The van der Waals surface area contributed by atoms with Gasteiger partial charge in [-0.1, -0.05) is 6.92 Å². The number of likely N-dealkylation sites (N-methyl/N-ethyl adjacent to an activating group) is 1. The lowest BCUT2D eigenvalue weighted by Gasteiger charge is -2.40. The third kappa shape index (κ3) is 4.62. The van der Waals surface area contributed by atoms with Crippen molar-refractivity contribution in [1.29, 1.82) is 0 Å². The van der Waals surface area contributed by atoms with Gasteiger partial charge in [-0.15, -0.1) is 0 Å². The van der Waals surface area contributed by atoms with E-state index in [-0.39, 0.29) is 23.5 Å². The lowest BCUT2D eigenvalue weighted by atomic mass is 9.70. The number of hydrogen-bond donors (Lipinski definition) is 0. The first kappa shape index (κ1) is 18.8. The summed E-state index contributed by atoms with van der Waals surface area (Å²) in [5.41, 5.74) is 0. The molecule has 5 nitrogen and oxygen atoms in total. The van der Waals surface area contributed by atoms with Gasteiger partial charge >= 0.3 is 0 Å². The van der Waals surface area contributed by atoms with Crippen molar-refractivity contribution in [2.45, 2.75) is 45.4 Å². The van der Waals surface area contributed by atoms with Crippen LogP contribution in [0.4, 0.5) is 0 Å². The maximum Gasteiger partial charge on any atom is 0.226 e. The van der Waals surface area contributed by atoms with E-state index < -0.39 is 0 Å². The van der Waals surface area contributed by atoms with Gasteiger partial charge in [0.05, 0.1) is 0 Å². The first-order chi connectivity index (χ1) is 12.1. The van der Waals surface area contributed by atoms with Crippen LogP contribution < -0.4 is 0 Å². The molecule has 142 valence electrons. The van der Waals surface area contributed by atoms with Crippen LogP contribution in [-0.2, 0) is 9.59 Å². The summed E-state index contributed by atoms with van der Waals surface area (Å²) in [6.45, 7) is 9.68. The maximum absolute atomic E-state index is 12.7. The van der Waals surface area contributed by atoms with Gasteiger partial charge in [-0.2, -0.15) is 0 Å². The van der Waals surface area contributed by atoms with E-state index in [1.165, 1.54) is 39.1 Å². The van der Waals surface area contributed by atoms with Gasteiger partial charge in [0.1, 0.15) is 5.78 Å². The highest BCUT2D eigenvalue weighted by molar-refractivity contribution is 5.90. The molecule has 0 aromatic rings. The van der Waals surface area contributed by atoms with Crippen LogP contribution in [0.5, 0.6) is 0 Å². The zero-order valence-electron chi connectivity index (χ0n) is 16.1. The molecule has 2 heterocycles. The van der Waals surface area contributed by atoms with Crippen molar-refractivity contribution in [2.24, 2.45) is 17.8 Å². The van der Waals surface area contributed by atoms with Gasteiger partial charge in [-0.3, -0.25) is 9.59 Å². The summed E-state index contributed by atoms with van der Waals surface area (Å²) >= 11 is 0. The summed E-state index contributed by atoms with van der Waals surface area (Å²) in [4.78, 5) is 31.7. The highest BCUT2D eigenvalue weighted by atomic mass is 16.2. The number of ketones is 1. The topological polar surface area (TPSA) is 43.9 Å². The summed E-state index contributed by atoms with van der Waals surface area (Å²) < 4.78 is 0. The van der Waals surface area contributed by atoms with Gasteiger partial charge < -0.3 is 14.7 Å². The summed E-state index contributed by atoms with van der Waals surface area (Å²) in [5.74, 6) is 1.32. The van der Waals surface area contributed by atoms with Gasteiger partial charge in [-0.05, 0) is 51.6 Å². The number of nitrogens with zero attached hydrogens (tertiary/aromatic N) is 3. The molecule has 0 N–H and O–H groups in total. The van der Waals surface area contributed by atoms with E-state index in [1.54, 1.807) is 0 Å². The van der Waals surface area contributed by atoms with Crippen LogP contribution in [0, 0.1) is 17.8 Å². The monoisotopic (exact) mass is 349 g/mol. The third-order valence-electron chi connectivity index (χ3n) is 6.73. The first-order valence-electron chi connectivity index (χ1n) is 10.3.